The van der Waals surface area contributed by atoms with E-state index in [1.54, 1.807) is 18.2 Å². The number of fused-ring (bicyclic) bond motifs is 1. The number of hydrogen-bond acceptors (Lipinski definition) is 7. The summed E-state index contributed by atoms with van der Waals surface area (Å²) in [7, 11) is 4.24. The first-order valence-electron chi connectivity index (χ1n) is 9.83. The van der Waals surface area contributed by atoms with Crippen LogP contribution in [-0.4, -0.2) is 49.3 Å². The molecule has 1 unspecified atom stereocenters. The normalized spacial score (nSPS) is 11.8. The third-order valence-corrected chi connectivity index (χ3v) is 4.81. The van der Waals surface area contributed by atoms with Gasteiger partial charge in [0.2, 0.25) is 5.75 Å². The Morgan fingerprint density at radius 2 is 1.70 bits per heavy atom. The molecule has 9 nitrogen and oxygen atoms in total. The quantitative estimate of drug-likeness (QED) is 0.485. The summed E-state index contributed by atoms with van der Waals surface area (Å²) in [4.78, 5) is 29.0. The molecular weight excluding hydrogens is 440 g/mol. The van der Waals surface area contributed by atoms with Gasteiger partial charge in [0.05, 0.1) is 32.4 Å². The number of rotatable bonds is 9. The molecule has 176 valence electrons. The molecule has 3 rings (SSSR count). The molecule has 1 heterocycles. The maximum atomic E-state index is 13.6. The van der Waals surface area contributed by atoms with Crippen molar-refractivity contribution in [2.75, 3.05) is 27.9 Å². The van der Waals surface area contributed by atoms with Gasteiger partial charge < -0.3 is 24.3 Å². The Morgan fingerprint density at radius 1 is 1.06 bits per heavy atom. The summed E-state index contributed by atoms with van der Waals surface area (Å²) in [6, 6.07) is 9.23. The lowest BCUT2D eigenvalue weighted by molar-refractivity contribution is -0.148. The van der Waals surface area contributed by atoms with Gasteiger partial charge in [-0.3, -0.25) is 14.2 Å². The highest BCUT2D eigenvalue weighted by Gasteiger charge is 2.24. The van der Waals surface area contributed by atoms with Gasteiger partial charge in [0.15, 0.2) is 23.4 Å². The number of alkyl halides is 2. The van der Waals surface area contributed by atoms with Crippen LogP contribution in [0.1, 0.15) is 35.8 Å². The van der Waals surface area contributed by atoms with Crippen LogP contribution in [0.4, 0.5) is 8.78 Å². The van der Waals surface area contributed by atoms with Crippen LogP contribution in [0.3, 0.4) is 0 Å². The van der Waals surface area contributed by atoms with E-state index >= 15 is 0 Å². The van der Waals surface area contributed by atoms with Crippen molar-refractivity contribution in [1.29, 1.82) is 0 Å². The zero-order valence-corrected chi connectivity index (χ0v) is 18.4. The summed E-state index contributed by atoms with van der Waals surface area (Å²) in [6.07, 6.45) is -1.07. The Morgan fingerprint density at radius 3 is 2.27 bits per heavy atom. The van der Waals surface area contributed by atoms with Crippen LogP contribution in [0.5, 0.6) is 17.2 Å². The zero-order valence-electron chi connectivity index (χ0n) is 18.4. The number of nitrogens with zero attached hydrogens (tertiary/aromatic N) is 2. The van der Waals surface area contributed by atoms with Crippen LogP contribution in [0.15, 0.2) is 36.4 Å². The van der Waals surface area contributed by atoms with E-state index in [-0.39, 0.29) is 28.4 Å². The molecule has 1 N–H and O–H groups in total. The minimum absolute atomic E-state index is 0.101. The Hall–Kier alpha value is -3.89. The summed E-state index contributed by atoms with van der Waals surface area (Å²) in [5, 5.41) is 2.42. The van der Waals surface area contributed by atoms with E-state index in [1.807, 2.05) is 0 Å². The number of methoxy groups -OCH3 is 3. The predicted octanol–water partition coefficient (Wildman–Crippen LogP) is 3.49. The second-order valence-corrected chi connectivity index (χ2v) is 6.84. The van der Waals surface area contributed by atoms with E-state index in [0.29, 0.717) is 15.8 Å². The molecule has 1 amide bonds. The van der Waals surface area contributed by atoms with Crippen LogP contribution in [0.2, 0.25) is 0 Å². The van der Waals surface area contributed by atoms with Crippen LogP contribution < -0.4 is 19.5 Å². The molecule has 2 aromatic carbocycles. The molecule has 0 aliphatic heterocycles. The van der Waals surface area contributed by atoms with Crippen molar-refractivity contribution in [3.05, 3.63) is 47.8 Å². The summed E-state index contributed by atoms with van der Waals surface area (Å²) in [5.74, 6) is -0.676. The molecule has 0 saturated heterocycles. The average Bonchev–Trinajstić information content (AvgIpc) is 3.21. The van der Waals surface area contributed by atoms with Gasteiger partial charge in [0.25, 0.3) is 5.91 Å². The molecule has 1 aromatic heterocycles. The topological polar surface area (TPSA) is 101 Å². The molecule has 11 heteroatoms. The lowest BCUT2D eigenvalue weighted by atomic mass is 10.1. The van der Waals surface area contributed by atoms with Gasteiger partial charge >= 0.3 is 12.5 Å². The van der Waals surface area contributed by atoms with E-state index in [9.17, 15) is 18.4 Å². The van der Waals surface area contributed by atoms with Crippen molar-refractivity contribution in [3.63, 3.8) is 0 Å². The lowest BCUT2D eigenvalue weighted by Gasteiger charge is -2.16. The number of ether oxygens (including phenoxy) is 4. The molecule has 1 atom stereocenters. The fourth-order valence-electron chi connectivity index (χ4n) is 3.31. The molecule has 0 bridgehead atoms. The number of para-hydroxylation sites is 2. The fourth-order valence-corrected chi connectivity index (χ4v) is 3.31. The fraction of sp³-hybridized carbons (Fsp3) is 0.318. The molecule has 0 fully saturated rings. The van der Waals surface area contributed by atoms with Crippen molar-refractivity contribution < 1.29 is 37.3 Å². The zero-order chi connectivity index (χ0) is 24.1. The van der Waals surface area contributed by atoms with Gasteiger partial charge in [-0.05, 0) is 31.2 Å². The molecule has 3 aromatic rings. The van der Waals surface area contributed by atoms with Crippen LogP contribution in [-0.2, 0) is 9.53 Å². The van der Waals surface area contributed by atoms with E-state index < -0.39 is 31.1 Å². The number of imidazole rings is 1. The van der Waals surface area contributed by atoms with Crippen LogP contribution in [0.25, 0.3) is 11.0 Å². The molecule has 0 radical (unpaired) electrons. The standard InChI is InChI=1S/C22H23F2N3O6/c1-12(20-26-14-7-5-6-8-15(14)27(20)22(23)24)33-18(28)11-25-21(29)13-9-16(30-2)19(32-4)17(10-13)31-3/h5-10,12,22H,11H2,1-4H3,(H,25,29). The highest BCUT2D eigenvalue weighted by atomic mass is 19.3. The first kappa shape index (κ1) is 23.8. The molecule has 0 aliphatic rings. The van der Waals surface area contributed by atoms with E-state index in [4.69, 9.17) is 18.9 Å². The number of benzene rings is 2. The van der Waals surface area contributed by atoms with Crippen molar-refractivity contribution in [1.82, 2.24) is 14.9 Å². The minimum Gasteiger partial charge on any atom is -0.493 e. The molecule has 0 aliphatic carbocycles. The largest absolute Gasteiger partial charge is 0.493 e. The summed E-state index contributed by atoms with van der Waals surface area (Å²) in [6.45, 7) is -1.93. The average molecular weight is 463 g/mol. The number of carbonyl (C=O) groups is 2. The third kappa shape index (κ3) is 4.97. The number of halogens is 2. The molecule has 0 spiro atoms. The molecule has 33 heavy (non-hydrogen) atoms. The second kappa shape index (κ2) is 10.2. The Labute approximate surface area is 188 Å². The summed E-state index contributed by atoms with van der Waals surface area (Å²) < 4.78 is 48.8. The Kier molecular flexibility index (Phi) is 7.31. The van der Waals surface area contributed by atoms with Crippen molar-refractivity contribution >= 4 is 22.9 Å². The molecule has 0 saturated carbocycles. The van der Waals surface area contributed by atoms with Gasteiger partial charge in [-0.1, -0.05) is 12.1 Å². The first-order valence-corrected chi connectivity index (χ1v) is 9.83. The Bertz CT molecular complexity index is 1140. The lowest BCUT2D eigenvalue weighted by Crippen LogP contribution is -2.31. The number of carbonyl (C=O) groups excluding carboxylic acids is 2. The van der Waals surface area contributed by atoms with Crippen LogP contribution >= 0.6 is 0 Å². The minimum atomic E-state index is -2.87. The highest BCUT2D eigenvalue weighted by Crippen LogP contribution is 2.38. The number of esters is 1. The van der Waals surface area contributed by atoms with Crippen molar-refractivity contribution in [2.45, 2.75) is 19.6 Å². The van der Waals surface area contributed by atoms with Gasteiger partial charge in [0, 0.05) is 5.56 Å². The van der Waals surface area contributed by atoms with Gasteiger partial charge in [-0.25, -0.2) is 4.98 Å². The van der Waals surface area contributed by atoms with E-state index in [0.717, 1.165) is 0 Å². The van der Waals surface area contributed by atoms with E-state index in [1.165, 1.54) is 46.5 Å². The monoisotopic (exact) mass is 463 g/mol. The number of nitrogens with one attached hydrogen (secondary N) is 1. The SMILES string of the molecule is COc1cc(C(=O)NCC(=O)OC(C)c2nc3ccccc3n2C(F)F)cc(OC)c1OC. The van der Waals surface area contributed by atoms with E-state index in [2.05, 4.69) is 10.3 Å². The predicted molar refractivity (Wildman–Crippen MR) is 114 cm³/mol. The third-order valence-electron chi connectivity index (χ3n) is 4.81. The molecular formula is C22H23F2N3O6. The Balaban J connectivity index is 1.69. The summed E-state index contributed by atoms with van der Waals surface area (Å²) in [5.41, 5.74) is 0.734. The highest BCUT2D eigenvalue weighted by molar-refractivity contribution is 5.97. The smallest absolute Gasteiger partial charge is 0.326 e. The second-order valence-electron chi connectivity index (χ2n) is 6.84. The number of amides is 1. The van der Waals surface area contributed by atoms with Crippen LogP contribution in [0, 0.1) is 0 Å². The maximum absolute atomic E-state index is 13.6. The summed E-state index contributed by atoms with van der Waals surface area (Å²) >= 11 is 0. The number of aromatic nitrogens is 2. The first-order chi connectivity index (χ1) is 15.8. The number of hydrogen-bond donors (Lipinski definition) is 1. The maximum Gasteiger partial charge on any atom is 0.326 e. The van der Waals surface area contributed by atoms with Crippen molar-refractivity contribution in [2.24, 2.45) is 0 Å². The van der Waals surface area contributed by atoms with Gasteiger partial charge in [0.1, 0.15) is 6.54 Å². The van der Waals surface area contributed by atoms with Crippen molar-refractivity contribution in [3.8, 4) is 17.2 Å². The van der Waals surface area contributed by atoms with Gasteiger partial charge in [-0.15, -0.1) is 0 Å². The van der Waals surface area contributed by atoms with Gasteiger partial charge in [-0.2, -0.15) is 8.78 Å².